The lowest BCUT2D eigenvalue weighted by Gasteiger charge is -2.45. The Morgan fingerprint density at radius 2 is 1.90 bits per heavy atom. The fourth-order valence-corrected chi connectivity index (χ4v) is 4.86. The molecule has 0 amide bonds. The molecule has 1 saturated heterocycles. The zero-order valence-corrected chi connectivity index (χ0v) is 12.4. The molecule has 2 aliphatic carbocycles. The Labute approximate surface area is 119 Å². The molecular formula is C16H24O4. The maximum Gasteiger partial charge on any atom is 0.334 e. The summed E-state index contributed by atoms with van der Waals surface area (Å²) in [6.45, 7) is 10.2. The van der Waals surface area contributed by atoms with Crippen LogP contribution < -0.4 is 0 Å². The van der Waals surface area contributed by atoms with E-state index in [0.717, 1.165) is 6.42 Å². The molecular weight excluding hydrogens is 256 g/mol. The minimum atomic E-state index is -0.753. The van der Waals surface area contributed by atoms with Gasteiger partial charge in [-0.1, -0.05) is 27.4 Å². The zero-order valence-electron chi connectivity index (χ0n) is 12.4. The first-order valence-electron chi connectivity index (χ1n) is 7.46. The Kier molecular flexibility index (Phi) is 2.87. The molecule has 2 N–H and O–H groups in total. The van der Waals surface area contributed by atoms with E-state index in [4.69, 9.17) is 4.74 Å². The summed E-state index contributed by atoms with van der Waals surface area (Å²) in [5.74, 6) is -0.0582. The Hall–Kier alpha value is -0.870. The number of aliphatic hydroxyl groups excluding tert-OH is 2. The normalized spacial score (nSPS) is 55.1. The molecule has 7 atom stereocenters. The van der Waals surface area contributed by atoms with Gasteiger partial charge in [-0.15, -0.1) is 0 Å². The molecule has 2 saturated carbocycles. The molecule has 1 aliphatic heterocycles. The number of hydrogen-bond donors (Lipinski definition) is 2. The van der Waals surface area contributed by atoms with Gasteiger partial charge in [0.2, 0.25) is 0 Å². The summed E-state index contributed by atoms with van der Waals surface area (Å²) < 4.78 is 5.46. The van der Waals surface area contributed by atoms with E-state index in [1.807, 2.05) is 6.92 Å². The zero-order chi connectivity index (χ0) is 14.9. The van der Waals surface area contributed by atoms with Crippen LogP contribution in [0.5, 0.6) is 0 Å². The van der Waals surface area contributed by atoms with Gasteiger partial charge in [0.05, 0.1) is 12.2 Å². The predicted octanol–water partition coefficient (Wildman–Crippen LogP) is 1.65. The third-order valence-corrected chi connectivity index (χ3v) is 6.69. The molecule has 4 nitrogen and oxygen atoms in total. The van der Waals surface area contributed by atoms with Gasteiger partial charge in [0.1, 0.15) is 6.10 Å². The third-order valence-electron chi connectivity index (χ3n) is 6.69. The molecule has 0 aromatic heterocycles. The molecule has 0 unspecified atom stereocenters. The van der Waals surface area contributed by atoms with Gasteiger partial charge in [0.15, 0.2) is 0 Å². The van der Waals surface area contributed by atoms with Crippen molar-refractivity contribution >= 4 is 5.97 Å². The van der Waals surface area contributed by atoms with Crippen molar-refractivity contribution in [1.82, 2.24) is 0 Å². The lowest BCUT2D eigenvalue weighted by atomic mass is 9.59. The summed E-state index contributed by atoms with van der Waals surface area (Å²) in [5.41, 5.74) is -0.0355. The van der Waals surface area contributed by atoms with Crippen LogP contribution in [-0.4, -0.2) is 34.5 Å². The van der Waals surface area contributed by atoms with Gasteiger partial charge in [-0.2, -0.15) is 0 Å². The second kappa shape index (κ2) is 4.08. The van der Waals surface area contributed by atoms with Crippen molar-refractivity contribution in [3.63, 3.8) is 0 Å². The first kappa shape index (κ1) is 14.1. The lowest BCUT2D eigenvalue weighted by molar-refractivity contribution is -0.139. The van der Waals surface area contributed by atoms with Crippen LogP contribution >= 0.6 is 0 Å². The SMILES string of the molecule is C=C1C(=O)O[C@@H]2C[C@H](C)[C@]3(C)C[C@H](O)[C@H](O)[C@@]3(C)C[C@H]12. The number of esters is 1. The monoisotopic (exact) mass is 280 g/mol. The molecule has 0 aromatic carbocycles. The van der Waals surface area contributed by atoms with Crippen molar-refractivity contribution in [1.29, 1.82) is 0 Å². The van der Waals surface area contributed by atoms with E-state index < -0.39 is 17.6 Å². The van der Waals surface area contributed by atoms with E-state index in [0.29, 0.717) is 18.4 Å². The summed E-state index contributed by atoms with van der Waals surface area (Å²) in [4.78, 5) is 11.7. The van der Waals surface area contributed by atoms with Gasteiger partial charge in [0, 0.05) is 16.9 Å². The van der Waals surface area contributed by atoms with Crippen LogP contribution in [0.3, 0.4) is 0 Å². The van der Waals surface area contributed by atoms with Crippen LogP contribution in [-0.2, 0) is 9.53 Å². The molecule has 0 aromatic rings. The molecule has 3 fully saturated rings. The molecule has 4 heteroatoms. The number of fused-ring (bicyclic) bond motifs is 2. The van der Waals surface area contributed by atoms with Gasteiger partial charge in [-0.3, -0.25) is 0 Å². The van der Waals surface area contributed by atoms with Gasteiger partial charge >= 0.3 is 5.97 Å². The van der Waals surface area contributed by atoms with Gasteiger partial charge in [-0.25, -0.2) is 4.79 Å². The molecule has 0 radical (unpaired) electrons. The summed E-state index contributed by atoms with van der Waals surface area (Å²) >= 11 is 0. The number of carbonyl (C=O) groups excluding carboxylic acids is 1. The number of carbonyl (C=O) groups is 1. The number of hydrogen-bond acceptors (Lipinski definition) is 4. The summed E-state index contributed by atoms with van der Waals surface area (Å²) in [6, 6.07) is 0. The molecule has 3 aliphatic rings. The van der Waals surface area contributed by atoms with E-state index in [1.165, 1.54) is 0 Å². The molecule has 0 spiro atoms. The first-order chi connectivity index (χ1) is 9.20. The van der Waals surface area contributed by atoms with Crippen molar-refractivity contribution in [2.45, 2.75) is 58.3 Å². The summed E-state index contributed by atoms with van der Waals surface area (Å²) in [5, 5.41) is 20.7. The second-order valence-corrected chi connectivity index (χ2v) is 7.47. The maximum atomic E-state index is 11.7. The van der Waals surface area contributed by atoms with E-state index in [2.05, 4.69) is 20.4 Å². The van der Waals surface area contributed by atoms with E-state index >= 15 is 0 Å². The van der Waals surface area contributed by atoms with Crippen LogP contribution in [0.25, 0.3) is 0 Å². The Bertz CT molecular complexity index is 473. The molecule has 0 bridgehead atoms. The average molecular weight is 280 g/mol. The first-order valence-corrected chi connectivity index (χ1v) is 7.46. The van der Waals surface area contributed by atoms with Crippen LogP contribution in [0.15, 0.2) is 12.2 Å². The molecule has 112 valence electrons. The number of ether oxygens (including phenoxy) is 1. The van der Waals surface area contributed by atoms with E-state index in [-0.39, 0.29) is 29.3 Å². The van der Waals surface area contributed by atoms with Crippen molar-refractivity contribution in [3.05, 3.63) is 12.2 Å². The maximum absolute atomic E-state index is 11.7. The van der Waals surface area contributed by atoms with Crippen molar-refractivity contribution in [3.8, 4) is 0 Å². The highest BCUT2D eigenvalue weighted by molar-refractivity contribution is 5.90. The predicted molar refractivity (Wildman–Crippen MR) is 73.8 cm³/mol. The second-order valence-electron chi connectivity index (χ2n) is 7.47. The smallest absolute Gasteiger partial charge is 0.334 e. The Morgan fingerprint density at radius 1 is 1.25 bits per heavy atom. The minimum Gasteiger partial charge on any atom is -0.458 e. The highest BCUT2D eigenvalue weighted by atomic mass is 16.6. The fourth-order valence-electron chi connectivity index (χ4n) is 4.86. The highest BCUT2D eigenvalue weighted by Gasteiger charge is 2.64. The standard InChI is InChI=1S/C16H24O4/c1-8-5-12-10(9(2)14(19)20-12)6-16(4)13(18)11(17)7-15(8,16)3/h8,10-13,17-18H,2,5-7H2,1,3-4H3/t8-,10+,11-,12+,13-,15-,16+/m0/s1. The van der Waals surface area contributed by atoms with Crippen molar-refractivity contribution in [2.24, 2.45) is 22.7 Å². The minimum absolute atomic E-state index is 0.0308. The van der Waals surface area contributed by atoms with Crippen molar-refractivity contribution in [2.75, 3.05) is 0 Å². The lowest BCUT2D eigenvalue weighted by Crippen LogP contribution is -2.44. The topological polar surface area (TPSA) is 66.8 Å². The molecule has 3 rings (SSSR count). The average Bonchev–Trinajstić information content (AvgIpc) is 2.69. The van der Waals surface area contributed by atoms with Gasteiger partial charge < -0.3 is 14.9 Å². The van der Waals surface area contributed by atoms with E-state index in [9.17, 15) is 15.0 Å². The largest absolute Gasteiger partial charge is 0.458 e. The Morgan fingerprint density at radius 3 is 2.55 bits per heavy atom. The number of aliphatic hydroxyl groups is 2. The van der Waals surface area contributed by atoms with Crippen molar-refractivity contribution < 1.29 is 19.7 Å². The summed E-state index contributed by atoms with van der Waals surface area (Å²) in [7, 11) is 0. The van der Waals surface area contributed by atoms with Gasteiger partial charge in [-0.05, 0) is 30.6 Å². The molecule has 20 heavy (non-hydrogen) atoms. The van der Waals surface area contributed by atoms with Crippen LogP contribution in [0.1, 0.15) is 40.0 Å². The quantitative estimate of drug-likeness (QED) is 0.523. The van der Waals surface area contributed by atoms with Crippen LogP contribution in [0, 0.1) is 22.7 Å². The van der Waals surface area contributed by atoms with E-state index in [1.54, 1.807) is 0 Å². The van der Waals surface area contributed by atoms with Crippen LogP contribution in [0.4, 0.5) is 0 Å². The fraction of sp³-hybridized carbons (Fsp3) is 0.812. The summed E-state index contributed by atoms with van der Waals surface area (Å²) in [6.07, 6.45) is 0.481. The third kappa shape index (κ3) is 1.52. The van der Waals surface area contributed by atoms with Crippen LogP contribution in [0.2, 0.25) is 0 Å². The number of rotatable bonds is 0. The Balaban J connectivity index is 2.04. The molecule has 1 heterocycles. The highest BCUT2D eigenvalue weighted by Crippen LogP contribution is 2.63. The van der Waals surface area contributed by atoms with Gasteiger partial charge in [0.25, 0.3) is 0 Å².